The fraction of sp³-hybridized carbons (Fsp3) is 0.625. The molecule has 1 aliphatic heterocycles. The molecule has 3 heteroatoms. The number of benzene rings is 1. The second kappa shape index (κ2) is 6.92. The van der Waals surface area contributed by atoms with Gasteiger partial charge >= 0.3 is 0 Å². The van der Waals surface area contributed by atoms with Crippen LogP contribution in [0.3, 0.4) is 0 Å². The third kappa shape index (κ3) is 3.95. The van der Waals surface area contributed by atoms with Crippen molar-refractivity contribution in [2.75, 3.05) is 33.4 Å². The van der Waals surface area contributed by atoms with Gasteiger partial charge in [0.15, 0.2) is 0 Å². The molecule has 2 rings (SSSR count). The summed E-state index contributed by atoms with van der Waals surface area (Å²) in [6.45, 7) is 6.04. The van der Waals surface area contributed by atoms with Crippen LogP contribution in [0.2, 0.25) is 0 Å². The fourth-order valence-corrected chi connectivity index (χ4v) is 2.83. The summed E-state index contributed by atoms with van der Waals surface area (Å²) in [6.07, 6.45) is 3.37. The van der Waals surface area contributed by atoms with Crippen LogP contribution in [0.15, 0.2) is 24.3 Å². The molecule has 106 valence electrons. The molecule has 0 unspecified atom stereocenters. The largest absolute Gasteiger partial charge is 0.497 e. The third-order valence-electron chi connectivity index (χ3n) is 4.02. The van der Waals surface area contributed by atoms with Crippen LogP contribution in [0.25, 0.3) is 0 Å². The molecule has 3 nitrogen and oxygen atoms in total. The summed E-state index contributed by atoms with van der Waals surface area (Å²) >= 11 is 0. The maximum atomic E-state index is 5.53. The number of nitrogens with one attached hydrogen (secondary N) is 1. The van der Waals surface area contributed by atoms with E-state index in [1.165, 1.54) is 5.56 Å². The SMILES string of the molecule is CCNCC1(Cc2cccc(OC)c2)CCOCC1. The Morgan fingerprint density at radius 2 is 2.11 bits per heavy atom. The number of rotatable bonds is 6. The monoisotopic (exact) mass is 263 g/mol. The summed E-state index contributed by atoms with van der Waals surface area (Å²) < 4.78 is 10.9. The maximum Gasteiger partial charge on any atom is 0.119 e. The van der Waals surface area contributed by atoms with Gasteiger partial charge in [0.25, 0.3) is 0 Å². The van der Waals surface area contributed by atoms with Crippen molar-refractivity contribution in [3.8, 4) is 5.75 Å². The van der Waals surface area contributed by atoms with Crippen molar-refractivity contribution in [1.82, 2.24) is 5.32 Å². The van der Waals surface area contributed by atoms with Crippen LogP contribution >= 0.6 is 0 Å². The molecule has 0 spiro atoms. The van der Waals surface area contributed by atoms with Crippen LogP contribution in [0.4, 0.5) is 0 Å². The summed E-state index contributed by atoms with van der Waals surface area (Å²) in [6, 6.07) is 8.44. The molecule has 1 N–H and O–H groups in total. The summed E-state index contributed by atoms with van der Waals surface area (Å²) in [7, 11) is 1.72. The minimum Gasteiger partial charge on any atom is -0.497 e. The van der Waals surface area contributed by atoms with Crippen LogP contribution in [0.5, 0.6) is 5.75 Å². The van der Waals surface area contributed by atoms with Crippen LogP contribution in [0.1, 0.15) is 25.3 Å². The standard InChI is InChI=1S/C16H25NO2/c1-3-17-13-16(7-9-19-10-8-16)12-14-5-4-6-15(11-14)18-2/h4-6,11,17H,3,7-10,12-13H2,1-2H3. The van der Waals surface area contributed by atoms with E-state index in [0.717, 1.165) is 51.3 Å². The lowest BCUT2D eigenvalue weighted by molar-refractivity contribution is 0.0151. The van der Waals surface area contributed by atoms with Gasteiger partial charge in [-0.2, -0.15) is 0 Å². The van der Waals surface area contributed by atoms with Crippen molar-refractivity contribution in [2.24, 2.45) is 5.41 Å². The van der Waals surface area contributed by atoms with E-state index >= 15 is 0 Å². The molecule has 0 aromatic heterocycles. The molecule has 1 aliphatic rings. The van der Waals surface area contributed by atoms with Gasteiger partial charge in [-0.25, -0.2) is 0 Å². The molecule has 1 aromatic rings. The van der Waals surface area contributed by atoms with Crippen LogP contribution in [0, 0.1) is 5.41 Å². The second-order valence-electron chi connectivity index (χ2n) is 5.42. The van der Waals surface area contributed by atoms with Gasteiger partial charge in [0.1, 0.15) is 5.75 Å². The molecule has 1 saturated heterocycles. The fourth-order valence-electron chi connectivity index (χ4n) is 2.83. The van der Waals surface area contributed by atoms with E-state index in [1.807, 2.05) is 6.07 Å². The van der Waals surface area contributed by atoms with E-state index < -0.39 is 0 Å². The normalized spacial score (nSPS) is 18.2. The molecular formula is C16H25NO2. The highest BCUT2D eigenvalue weighted by atomic mass is 16.5. The van der Waals surface area contributed by atoms with Gasteiger partial charge < -0.3 is 14.8 Å². The minimum absolute atomic E-state index is 0.334. The predicted octanol–water partition coefficient (Wildman–Crippen LogP) is 2.64. The highest BCUT2D eigenvalue weighted by Crippen LogP contribution is 2.34. The minimum atomic E-state index is 0.334. The zero-order chi connectivity index (χ0) is 13.6. The Kier molecular flexibility index (Phi) is 5.23. The van der Waals surface area contributed by atoms with Gasteiger partial charge in [0, 0.05) is 19.8 Å². The number of methoxy groups -OCH3 is 1. The van der Waals surface area contributed by atoms with Crippen molar-refractivity contribution < 1.29 is 9.47 Å². The van der Waals surface area contributed by atoms with Gasteiger partial charge in [-0.05, 0) is 48.9 Å². The molecule has 19 heavy (non-hydrogen) atoms. The third-order valence-corrected chi connectivity index (χ3v) is 4.02. The smallest absolute Gasteiger partial charge is 0.119 e. The number of hydrogen-bond acceptors (Lipinski definition) is 3. The van der Waals surface area contributed by atoms with Crippen LogP contribution in [-0.4, -0.2) is 33.4 Å². The molecule has 0 saturated carbocycles. The zero-order valence-electron chi connectivity index (χ0n) is 12.1. The van der Waals surface area contributed by atoms with E-state index in [1.54, 1.807) is 7.11 Å². The number of ether oxygens (including phenoxy) is 2. The molecule has 1 aromatic carbocycles. The molecule has 0 radical (unpaired) electrons. The van der Waals surface area contributed by atoms with Crippen LogP contribution in [-0.2, 0) is 11.2 Å². The Morgan fingerprint density at radius 3 is 2.79 bits per heavy atom. The van der Waals surface area contributed by atoms with Crippen molar-refractivity contribution in [3.63, 3.8) is 0 Å². The topological polar surface area (TPSA) is 30.5 Å². The lowest BCUT2D eigenvalue weighted by Crippen LogP contribution is -2.40. The second-order valence-corrected chi connectivity index (χ2v) is 5.42. The first-order valence-electron chi connectivity index (χ1n) is 7.19. The van der Waals surface area contributed by atoms with E-state index in [4.69, 9.17) is 9.47 Å². The lowest BCUT2D eigenvalue weighted by atomic mass is 9.75. The Hall–Kier alpha value is -1.06. The van der Waals surface area contributed by atoms with Gasteiger partial charge in [0.05, 0.1) is 7.11 Å². The molecule has 0 amide bonds. The van der Waals surface area contributed by atoms with E-state index in [-0.39, 0.29) is 0 Å². The Balaban J connectivity index is 2.09. The molecule has 1 fully saturated rings. The summed E-state index contributed by atoms with van der Waals surface area (Å²) in [4.78, 5) is 0. The quantitative estimate of drug-likeness (QED) is 0.856. The molecule has 1 heterocycles. The van der Waals surface area contributed by atoms with Gasteiger partial charge in [-0.15, -0.1) is 0 Å². The Bertz CT molecular complexity index is 386. The summed E-state index contributed by atoms with van der Waals surface area (Å²) in [5.41, 5.74) is 1.69. The van der Waals surface area contributed by atoms with E-state index in [2.05, 4.69) is 30.4 Å². The van der Waals surface area contributed by atoms with Gasteiger partial charge in [0.2, 0.25) is 0 Å². The van der Waals surface area contributed by atoms with Crippen LogP contribution < -0.4 is 10.1 Å². The van der Waals surface area contributed by atoms with Gasteiger partial charge in [-0.1, -0.05) is 19.1 Å². The zero-order valence-corrected chi connectivity index (χ0v) is 12.1. The molecule has 0 atom stereocenters. The Morgan fingerprint density at radius 1 is 1.32 bits per heavy atom. The average molecular weight is 263 g/mol. The first-order valence-corrected chi connectivity index (χ1v) is 7.19. The van der Waals surface area contributed by atoms with Crippen molar-refractivity contribution in [3.05, 3.63) is 29.8 Å². The highest BCUT2D eigenvalue weighted by Gasteiger charge is 2.32. The van der Waals surface area contributed by atoms with Crippen molar-refractivity contribution in [2.45, 2.75) is 26.2 Å². The average Bonchev–Trinajstić information content (AvgIpc) is 2.46. The van der Waals surface area contributed by atoms with Crippen molar-refractivity contribution >= 4 is 0 Å². The van der Waals surface area contributed by atoms with Gasteiger partial charge in [-0.3, -0.25) is 0 Å². The predicted molar refractivity (Wildman–Crippen MR) is 77.7 cm³/mol. The first-order chi connectivity index (χ1) is 9.28. The molecule has 0 aliphatic carbocycles. The maximum absolute atomic E-state index is 5.53. The number of hydrogen-bond donors (Lipinski definition) is 1. The van der Waals surface area contributed by atoms with E-state index in [0.29, 0.717) is 5.41 Å². The lowest BCUT2D eigenvalue weighted by Gasteiger charge is -2.37. The summed E-state index contributed by atoms with van der Waals surface area (Å²) in [5.74, 6) is 0.947. The molecule has 0 bridgehead atoms. The van der Waals surface area contributed by atoms with E-state index in [9.17, 15) is 0 Å². The molecular weight excluding hydrogens is 238 g/mol. The Labute approximate surface area is 116 Å². The summed E-state index contributed by atoms with van der Waals surface area (Å²) in [5, 5.41) is 3.52. The first kappa shape index (κ1) is 14.4. The highest BCUT2D eigenvalue weighted by molar-refractivity contribution is 5.29. The van der Waals surface area contributed by atoms with Crippen molar-refractivity contribution in [1.29, 1.82) is 0 Å².